The number of piperidine rings is 1. The molecule has 0 bridgehead atoms. The van der Waals surface area contributed by atoms with Crippen LogP contribution in [0.3, 0.4) is 0 Å². The Morgan fingerprint density at radius 2 is 2.12 bits per heavy atom. The molecule has 2 N–H and O–H groups in total. The minimum atomic E-state index is 0. The summed E-state index contributed by atoms with van der Waals surface area (Å²) in [5.74, 6) is 1.61. The van der Waals surface area contributed by atoms with Gasteiger partial charge in [0.05, 0.1) is 0 Å². The number of hydrogen-bond donors (Lipinski definition) is 2. The molecule has 140 valence electrons. The normalized spacial score (nSPS) is 15.4. The Morgan fingerprint density at radius 1 is 1.36 bits per heavy atom. The van der Waals surface area contributed by atoms with Crippen LogP contribution in [-0.4, -0.2) is 55.0 Å². The molecule has 0 atom stereocenters. The summed E-state index contributed by atoms with van der Waals surface area (Å²) in [5.41, 5.74) is 1.07. The summed E-state index contributed by atoms with van der Waals surface area (Å²) in [6, 6.07) is 5.97. The zero-order valence-electron chi connectivity index (χ0n) is 15.2. The van der Waals surface area contributed by atoms with Gasteiger partial charge < -0.3 is 15.5 Å². The maximum Gasteiger partial charge on any atom is 0.220 e. The highest BCUT2D eigenvalue weighted by Crippen LogP contribution is 2.20. The monoisotopic (exact) mass is 459 g/mol. The third-order valence-corrected chi connectivity index (χ3v) is 4.36. The molecule has 6 nitrogen and oxygen atoms in total. The first-order chi connectivity index (χ1) is 11.7. The molecule has 0 radical (unpaired) electrons. The lowest BCUT2D eigenvalue weighted by atomic mass is 9.93. The molecule has 1 saturated heterocycles. The number of carbonyl (C=O) groups excluding carboxylic acids is 1. The van der Waals surface area contributed by atoms with E-state index >= 15 is 0 Å². The van der Waals surface area contributed by atoms with E-state index in [1.54, 1.807) is 7.05 Å². The smallest absolute Gasteiger partial charge is 0.220 e. The number of rotatable bonds is 6. The fourth-order valence-corrected chi connectivity index (χ4v) is 2.96. The molecule has 0 saturated carbocycles. The van der Waals surface area contributed by atoms with Crippen LogP contribution in [0.4, 0.5) is 0 Å². The fraction of sp³-hybridized carbons (Fsp3) is 0.611. The van der Waals surface area contributed by atoms with Gasteiger partial charge in [0.25, 0.3) is 0 Å². The standard InChI is InChI=1S/C18H29N5O.HI/c1-3-20-18(22-11-7-16-6-4-5-10-21-16)23-12-8-15(9-13-23)14-17(24)19-2;/h4-6,10,15H,3,7-9,11-14H2,1-2H3,(H,19,24)(H,20,22);1H. The van der Waals surface area contributed by atoms with Crippen LogP contribution in [0.25, 0.3) is 0 Å². The molecular weight excluding hydrogens is 429 g/mol. The van der Waals surface area contributed by atoms with Crippen LogP contribution in [0.15, 0.2) is 29.4 Å². The predicted octanol–water partition coefficient (Wildman–Crippen LogP) is 2.06. The molecule has 0 unspecified atom stereocenters. The molecule has 0 spiro atoms. The molecule has 1 amide bonds. The van der Waals surface area contributed by atoms with Crippen molar-refractivity contribution in [1.29, 1.82) is 0 Å². The number of hydrogen-bond acceptors (Lipinski definition) is 3. The fourth-order valence-electron chi connectivity index (χ4n) is 2.96. The Bertz CT molecular complexity index is 530. The summed E-state index contributed by atoms with van der Waals surface area (Å²) in [4.78, 5) is 22.9. The van der Waals surface area contributed by atoms with Crippen molar-refractivity contribution in [3.8, 4) is 0 Å². The van der Waals surface area contributed by atoms with E-state index in [1.807, 2.05) is 24.4 Å². The van der Waals surface area contributed by atoms with Gasteiger partial charge in [-0.3, -0.25) is 14.8 Å². The van der Waals surface area contributed by atoms with Gasteiger partial charge in [0.1, 0.15) is 0 Å². The quantitative estimate of drug-likeness (QED) is 0.388. The zero-order valence-corrected chi connectivity index (χ0v) is 17.5. The average molecular weight is 459 g/mol. The minimum Gasteiger partial charge on any atom is -0.359 e. The first kappa shape index (κ1) is 21.7. The van der Waals surface area contributed by atoms with Gasteiger partial charge in [0.15, 0.2) is 5.96 Å². The van der Waals surface area contributed by atoms with Gasteiger partial charge in [0.2, 0.25) is 5.91 Å². The third-order valence-electron chi connectivity index (χ3n) is 4.36. The maximum absolute atomic E-state index is 11.5. The summed E-state index contributed by atoms with van der Waals surface area (Å²) in [7, 11) is 1.70. The molecule has 25 heavy (non-hydrogen) atoms. The van der Waals surface area contributed by atoms with Crippen molar-refractivity contribution in [2.75, 3.05) is 33.2 Å². The van der Waals surface area contributed by atoms with Gasteiger partial charge in [-0.2, -0.15) is 0 Å². The number of nitrogens with one attached hydrogen (secondary N) is 2. The Kier molecular flexibility index (Phi) is 10.4. The van der Waals surface area contributed by atoms with Gasteiger partial charge in [-0.1, -0.05) is 6.07 Å². The maximum atomic E-state index is 11.5. The largest absolute Gasteiger partial charge is 0.359 e. The van der Waals surface area contributed by atoms with Gasteiger partial charge >= 0.3 is 0 Å². The summed E-state index contributed by atoms with van der Waals surface area (Å²) >= 11 is 0. The third kappa shape index (κ3) is 7.58. The van der Waals surface area contributed by atoms with Crippen LogP contribution in [0.2, 0.25) is 0 Å². The van der Waals surface area contributed by atoms with Crippen LogP contribution in [-0.2, 0) is 11.2 Å². The van der Waals surface area contributed by atoms with Crippen molar-refractivity contribution >= 4 is 35.8 Å². The lowest BCUT2D eigenvalue weighted by Crippen LogP contribution is -2.46. The van der Waals surface area contributed by atoms with E-state index < -0.39 is 0 Å². The van der Waals surface area contributed by atoms with E-state index in [-0.39, 0.29) is 29.9 Å². The average Bonchev–Trinajstić information content (AvgIpc) is 2.62. The lowest BCUT2D eigenvalue weighted by molar-refractivity contribution is -0.121. The Morgan fingerprint density at radius 3 is 2.72 bits per heavy atom. The second kappa shape index (κ2) is 12.1. The number of amides is 1. The van der Waals surface area contributed by atoms with Crippen molar-refractivity contribution in [3.63, 3.8) is 0 Å². The lowest BCUT2D eigenvalue weighted by Gasteiger charge is -2.34. The summed E-state index contributed by atoms with van der Waals surface area (Å²) in [6.45, 7) is 5.60. The number of aromatic nitrogens is 1. The number of carbonyl (C=O) groups is 1. The van der Waals surface area contributed by atoms with Crippen LogP contribution >= 0.6 is 24.0 Å². The number of nitrogens with zero attached hydrogens (tertiary/aromatic N) is 3. The van der Waals surface area contributed by atoms with E-state index in [0.29, 0.717) is 12.3 Å². The Labute approximate surface area is 167 Å². The van der Waals surface area contributed by atoms with E-state index in [9.17, 15) is 4.79 Å². The van der Waals surface area contributed by atoms with Gasteiger partial charge in [-0.05, 0) is 37.8 Å². The highest BCUT2D eigenvalue weighted by Gasteiger charge is 2.22. The van der Waals surface area contributed by atoms with Crippen LogP contribution in [0.5, 0.6) is 0 Å². The minimum absolute atomic E-state index is 0. The first-order valence-corrected chi connectivity index (χ1v) is 8.86. The number of pyridine rings is 1. The van der Waals surface area contributed by atoms with Gasteiger partial charge in [-0.25, -0.2) is 0 Å². The highest BCUT2D eigenvalue weighted by atomic mass is 127. The number of halogens is 1. The van der Waals surface area contributed by atoms with Crippen molar-refractivity contribution in [3.05, 3.63) is 30.1 Å². The summed E-state index contributed by atoms with van der Waals surface area (Å²) in [5, 5.41) is 6.10. The number of aliphatic imine (C=N–C) groups is 1. The molecule has 1 aromatic heterocycles. The second-order valence-corrected chi connectivity index (χ2v) is 6.11. The van der Waals surface area contributed by atoms with Gasteiger partial charge in [0, 0.05) is 58.0 Å². The Balaban J connectivity index is 0.00000312. The topological polar surface area (TPSA) is 69.6 Å². The zero-order chi connectivity index (χ0) is 17.2. The highest BCUT2D eigenvalue weighted by molar-refractivity contribution is 14.0. The van der Waals surface area contributed by atoms with Crippen LogP contribution in [0.1, 0.15) is 31.9 Å². The molecule has 0 aliphatic carbocycles. The molecule has 1 aliphatic rings. The van der Waals surface area contributed by atoms with E-state index in [2.05, 4.69) is 27.4 Å². The molecule has 1 fully saturated rings. The molecular formula is C18H30IN5O. The number of likely N-dealkylation sites (tertiary alicyclic amines) is 1. The summed E-state index contributed by atoms with van der Waals surface area (Å²) < 4.78 is 0. The van der Waals surface area contributed by atoms with Crippen LogP contribution < -0.4 is 10.6 Å². The molecule has 1 aliphatic heterocycles. The number of guanidine groups is 1. The van der Waals surface area contributed by atoms with Crippen molar-refractivity contribution < 1.29 is 4.79 Å². The second-order valence-electron chi connectivity index (χ2n) is 6.11. The van der Waals surface area contributed by atoms with Crippen molar-refractivity contribution in [2.45, 2.75) is 32.6 Å². The summed E-state index contributed by atoms with van der Waals surface area (Å²) in [6.07, 6.45) is 5.39. The molecule has 2 rings (SSSR count). The molecule has 7 heteroatoms. The molecule has 1 aromatic rings. The molecule has 2 heterocycles. The van der Waals surface area contributed by atoms with Crippen molar-refractivity contribution in [2.24, 2.45) is 10.9 Å². The predicted molar refractivity (Wildman–Crippen MR) is 112 cm³/mol. The Hall–Kier alpha value is -1.38. The van der Waals surface area contributed by atoms with E-state index in [4.69, 9.17) is 4.99 Å². The van der Waals surface area contributed by atoms with E-state index in [0.717, 1.165) is 57.1 Å². The first-order valence-electron chi connectivity index (χ1n) is 8.86. The SMILES string of the molecule is CCNC(=NCCc1ccccn1)N1CCC(CC(=O)NC)CC1.I. The van der Waals surface area contributed by atoms with E-state index in [1.165, 1.54) is 0 Å². The van der Waals surface area contributed by atoms with Gasteiger partial charge in [-0.15, -0.1) is 24.0 Å². The molecule has 0 aromatic carbocycles. The van der Waals surface area contributed by atoms with Crippen LogP contribution in [0, 0.1) is 5.92 Å². The van der Waals surface area contributed by atoms with Crippen molar-refractivity contribution in [1.82, 2.24) is 20.5 Å².